The molecule has 1 aliphatic rings. The number of hydrogen-bond acceptors (Lipinski definition) is 9. The van der Waals surface area contributed by atoms with Crippen LogP contribution in [0.4, 0.5) is 11.6 Å². The molecule has 3 aromatic rings. The highest BCUT2D eigenvalue weighted by molar-refractivity contribution is 7.90. The number of pyridine rings is 3. The Balaban J connectivity index is 1.71. The van der Waals surface area contributed by atoms with Crippen molar-refractivity contribution in [1.82, 2.24) is 19.7 Å². The van der Waals surface area contributed by atoms with Crippen molar-refractivity contribution in [1.29, 1.82) is 0 Å². The van der Waals surface area contributed by atoms with Crippen molar-refractivity contribution in [3.8, 4) is 17.1 Å². The number of nitrogens with one attached hydrogen (secondary N) is 1. The zero-order chi connectivity index (χ0) is 27.7. The number of aromatic nitrogens is 3. The van der Waals surface area contributed by atoms with Crippen LogP contribution in [0.5, 0.6) is 5.88 Å². The number of rotatable bonds is 7. The average Bonchev–Trinajstić information content (AvgIpc) is 2.85. The van der Waals surface area contributed by atoms with Crippen LogP contribution < -0.4 is 20.1 Å². The van der Waals surface area contributed by atoms with Gasteiger partial charge < -0.3 is 15.4 Å². The summed E-state index contributed by atoms with van der Waals surface area (Å²) in [6, 6.07) is 11.1. The Hall–Kier alpha value is -3.73. The van der Waals surface area contributed by atoms with Gasteiger partial charge in [-0.3, -0.25) is 4.79 Å². The molecule has 1 amide bonds. The molecule has 3 aromatic heterocycles. The van der Waals surface area contributed by atoms with E-state index in [0.717, 1.165) is 12.0 Å². The molecule has 1 aliphatic heterocycles. The minimum Gasteiger partial charge on any atom is -0.475 e. The van der Waals surface area contributed by atoms with Crippen LogP contribution >= 0.6 is 0 Å². The number of piperidine rings is 1. The molecule has 1 unspecified atom stereocenters. The summed E-state index contributed by atoms with van der Waals surface area (Å²) >= 11 is 0. The Morgan fingerprint density at radius 2 is 1.92 bits per heavy atom. The molecule has 1 fully saturated rings. The second-order valence-electron chi connectivity index (χ2n) is 10.6. The molecule has 202 valence electrons. The maximum Gasteiger partial charge on any atom is 0.281 e. The highest BCUT2D eigenvalue weighted by Gasteiger charge is 2.35. The maximum atomic E-state index is 13.4. The van der Waals surface area contributed by atoms with Crippen molar-refractivity contribution in [3.63, 3.8) is 0 Å². The van der Waals surface area contributed by atoms with E-state index in [9.17, 15) is 13.2 Å². The van der Waals surface area contributed by atoms with Gasteiger partial charge in [-0.2, -0.15) is 8.42 Å². The van der Waals surface area contributed by atoms with Crippen LogP contribution in [0, 0.1) is 11.3 Å². The molecule has 0 aromatic carbocycles. The number of carbonyl (C=O) groups is 1. The topological polar surface area (TPSA) is 140 Å². The Morgan fingerprint density at radius 1 is 1.16 bits per heavy atom. The van der Waals surface area contributed by atoms with Gasteiger partial charge in [0.25, 0.3) is 15.9 Å². The third kappa shape index (κ3) is 6.04. The molecule has 0 saturated carbocycles. The van der Waals surface area contributed by atoms with Crippen molar-refractivity contribution < 1.29 is 17.9 Å². The van der Waals surface area contributed by atoms with Gasteiger partial charge in [0, 0.05) is 30.9 Å². The van der Waals surface area contributed by atoms with Crippen LogP contribution in [0.3, 0.4) is 0 Å². The normalized spacial score (nSPS) is 17.3. The first kappa shape index (κ1) is 27.3. The van der Waals surface area contributed by atoms with E-state index in [-0.39, 0.29) is 27.9 Å². The molecule has 1 saturated heterocycles. The lowest BCUT2D eigenvalue weighted by atomic mass is 9.75. The maximum absolute atomic E-state index is 13.4. The van der Waals surface area contributed by atoms with Crippen LogP contribution in [0.25, 0.3) is 11.3 Å². The van der Waals surface area contributed by atoms with Crippen LogP contribution in [-0.4, -0.2) is 48.5 Å². The van der Waals surface area contributed by atoms with Crippen LogP contribution in [0.2, 0.25) is 0 Å². The molecule has 38 heavy (non-hydrogen) atoms. The van der Waals surface area contributed by atoms with Gasteiger partial charge in [0.05, 0.1) is 17.4 Å². The number of nitrogen functional groups attached to an aromatic ring is 1. The van der Waals surface area contributed by atoms with E-state index in [0.29, 0.717) is 36.4 Å². The minimum atomic E-state index is -4.25. The first-order chi connectivity index (χ1) is 17.9. The van der Waals surface area contributed by atoms with Gasteiger partial charge in [0.2, 0.25) is 5.88 Å². The number of hydrogen-bond donors (Lipinski definition) is 2. The summed E-state index contributed by atoms with van der Waals surface area (Å²) in [7, 11) is -4.25. The molecule has 0 radical (unpaired) electrons. The largest absolute Gasteiger partial charge is 0.475 e. The molecule has 10 nitrogen and oxygen atoms in total. The van der Waals surface area contributed by atoms with E-state index >= 15 is 0 Å². The zero-order valence-corrected chi connectivity index (χ0v) is 23.1. The summed E-state index contributed by atoms with van der Waals surface area (Å²) in [6.07, 6.45) is 2.58. The summed E-state index contributed by atoms with van der Waals surface area (Å²) in [4.78, 5) is 28.5. The van der Waals surface area contributed by atoms with E-state index in [4.69, 9.17) is 15.5 Å². The lowest BCUT2D eigenvalue weighted by molar-refractivity contribution is 0.0980. The predicted molar refractivity (Wildman–Crippen MR) is 146 cm³/mol. The number of sulfonamides is 1. The van der Waals surface area contributed by atoms with Gasteiger partial charge in [-0.25, -0.2) is 19.7 Å². The smallest absolute Gasteiger partial charge is 0.281 e. The summed E-state index contributed by atoms with van der Waals surface area (Å²) in [5.41, 5.74) is 7.12. The lowest BCUT2D eigenvalue weighted by Crippen LogP contribution is -2.46. The van der Waals surface area contributed by atoms with E-state index in [1.165, 1.54) is 18.2 Å². The molecule has 4 heterocycles. The van der Waals surface area contributed by atoms with Gasteiger partial charge in [-0.05, 0) is 61.9 Å². The number of ether oxygens (including phenoxy) is 1. The Labute approximate surface area is 223 Å². The third-order valence-corrected chi connectivity index (χ3v) is 8.05. The molecule has 0 bridgehead atoms. The first-order valence-electron chi connectivity index (χ1n) is 12.5. The fraction of sp³-hybridized carbons (Fsp3) is 0.407. The van der Waals surface area contributed by atoms with E-state index < -0.39 is 15.9 Å². The number of anilines is 2. The number of amides is 1. The third-order valence-electron chi connectivity index (χ3n) is 6.82. The predicted octanol–water partition coefficient (Wildman–Crippen LogP) is 3.90. The minimum absolute atomic E-state index is 0.000438. The number of nitrogens with two attached hydrogens (primary N) is 1. The fourth-order valence-electron chi connectivity index (χ4n) is 4.33. The highest BCUT2D eigenvalue weighted by atomic mass is 32.2. The highest BCUT2D eigenvalue weighted by Crippen LogP contribution is 2.37. The summed E-state index contributed by atoms with van der Waals surface area (Å²) < 4.78 is 33.6. The van der Waals surface area contributed by atoms with E-state index in [2.05, 4.69) is 35.5 Å². The SMILES string of the molecule is CC(C)Oc1ccc(-c2ccc(C(=O)NS(=O)(=O)c3cccc(N)n3)c(N3CCC(C)C(C)(C)C3)n2)cn1. The average molecular weight is 539 g/mol. The molecular weight excluding hydrogens is 504 g/mol. The second kappa shape index (κ2) is 10.6. The molecule has 0 spiro atoms. The standard InChI is InChI=1S/C27H34N6O4S/c1-17(2)37-23-12-9-19(15-29-23)21-11-10-20(25(30-21)33-14-13-18(3)27(4,5)16-33)26(34)32-38(35,36)24-8-6-7-22(28)31-24/h6-12,15,17-18H,13-14,16H2,1-5H3,(H2,28,31)(H,32,34). The Bertz CT molecular complexity index is 1420. The van der Waals surface area contributed by atoms with Crippen LogP contribution in [0.1, 0.15) is 51.4 Å². The first-order valence-corrected chi connectivity index (χ1v) is 14.0. The van der Waals surface area contributed by atoms with Crippen molar-refractivity contribution in [2.24, 2.45) is 11.3 Å². The van der Waals surface area contributed by atoms with Crippen LogP contribution in [-0.2, 0) is 10.0 Å². The summed E-state index contributed by atoms with van der Waals surface area (Å²) in [6.45, 7) is 11.8. The van der Waals surface area contributed by atoms with Crippen molar-refractivity contribution >= 4 is 27.6 Å². The number of carbonyl (C=O) groups excluding carboxylic acids is 1. The van der Waals surface area contributed by atoms with Gasteiger partial charge >= 0.3 is 0 Å². The summed E-state index contributed by atoms with van der Waals surface area (Å²) in [5, 5.41) is -0.334. The van der Waals surface area contributed by atoms with Gasteiger partial charge in [-0.1, -0.05) is 26.8 Å². The molecule has 11 heteroatoms. The van der Waals surface area contributed by atoms with E-state index in [1.807, 2.05) is 24.8 Å². The summed E-state index contributed by atoms with van der Waals surface area (Å²) in [5.74, 6) is 0.644. The van der Waals surface area contributed by atoms with Gasteiger partial charge in [0.1, 0.15) is 11.6 Å². The quantitative estimate of drug-likeness (QED) is 0.458. The Kier molecular flexibility index (Phi) is 7.59. The fourth-order valence-corrected chi connectivity index (χ4v) is 5.27. The van der Waals surface area contributed by atoms with E-state index in [1.54, 1.807) is 24.4 Å². The monoisotopic (exact) mass is 538 g/mol. The van der Waals surface area contributed by atoms with Gasteiger partial charge in [0.15, 0.2) is 5.03 Å². The molecule has 4 rings (SSSR count). The molecule has 3 N–H and O–H groups in total. The number of nitrogens with zero attached hydrogens (tertiary/aromatic N) is 4. The van der Waals surface area contributed by atoms with Gasteiger partial charge in [-0.15, -0.1) is 0 Å². The second-order valence-corrected chi connectivity index (χ2v) is 12.2. The van der Waals surface area contributed by atoms with Crippen molar-refractivity contribution in [2.45, 2.75) is 52.2 Å². The Morgan fingerprint density at radius 3 is 2.55 bits per heavy atom. The van der Waals surface area contributed by atoms with Crippen molar-refractivity contribution in [2.75, 3.05) is 23.7 Å². The lowest BCUT2D eigenvalue weighted by Gasteiger charge is -2.43. The van der Waals surface area contributed by atoms with Crippen molar-refractivity contribution in [3.05, 3.63) is 54.2 Å². The van der Waals surface area contributed by atoms with Crippen LogP contribution in [0.15, 0.2) is 53.7 Å². The molecule has 0 aliphatic carbocycles. The molecular formula is C27H34N6O4S. The molecule has 1 atom stereocenters. The zero-order valence-electron chi connectivity index (χ0n) is 22.3.